The summed E-state index contributed by atoms with van der Waals surface area (Å²) in [5.41, 5.74) is 1.97. The quantitative estimate of drug-likeness (QED) is 0.781. The molecule has 20 heavy (non-hydrogen) atoms. The van der Waals surface area contributed by atoms with Crippen molar-refractivity contribution in [3.8, 4) is 16.9 Å². The van der Waals surface area contributed by atoms with Crippen molar-refractivity contribution in [2.75, 3.05) is 7.11 Å². The molecule has 0 saturated carbocycles. The zero-order valence-corrected chi connectivity index (χ0v) is 11.6. The van der Waals surface area contributed by atoms with Gasteiger partial charge in [0.05, 0.1) is 7.11 Å². The van der Waals surface area contributed by atoms with Crippen LogP contribution in [0.2, 0.25) is 0 Å². The number of carboxylic acids is 1. The number of carbonyl (C=O) groups is 1. The van der Waals surface area contributed by atoms with Crippen LogP contribution in [0.4, 0.5) is 0 Å². The average Bonchev–Trinajstić information content (AvgIpc) is 2.91. The number of carboxylic acid groups (broad SMARTS) is 1. The monoisotopic (exact) mass is 284 g/mol. The molecule has 0 radical (unpaired) electrons. The lowest BCUT2D eigenvalue weighted by atomic mass is 10.0. The molecule has 0 atom stereocenters. The minimum Gasteiger partial charge on any atom is -0.496 e. The van der Waals surface area contributed by atoms with Gasteiger partial charge in [-0.3, -0.25) is 0 Å². The van der Waals surface area contributed by atoms with E-state index in [9.17, 15) is 4.79 Å². The Hall–Kier alpha value is -2.33. The normalized spacial score (nSPS) is 10.7. The van der Waals surface area contributed by atoms with Crippen LogP contribution < -0.4 is 4.74 Å². The van der Waals surface area contributed by atoms with E-state index in [4.69, 9.17) is 9.84 Å². The highest BCUT2D eigenvalue weighted by Gasteiger charge is 2.14. The van der Waals surface area contributed by atoms with Crippen molar-refractivity contribution in [2.45, 2.75) is 0 Å². The van der Waals surface area contributed by atoms with Gasteiger partial charge in [-0.1, -0.05) is 36.4 Å². The predicted molar refractivity (Wildman–Crippen MR) is 80.8 cm³/mol. The van der Waals surface area contributed by atoms with E-state index in [-0.39, 0.29) is 0 Å². The number of ether oxygens (including phenoxy) is 1. The summed E-state index contributed by atoms with van der Waals surface area (Å²) in [6, 6.07) is 15.3. The number of rotatable bonds is 3. The first-order chi connectivity index (χ1) is 9.70. The maximum Gasteiger partial charge on any atom is 0.345 e. The molecule has 3 rings (SSSR count). The van der Waals surface area contributed by atoms with Gasteiger partial charge in [0.1, 0.15) is 10.6 Å². The molecule has 1 aromatic heterocycles. The van der Waals surface area contributed by atoms with Crippen LogP contribution in [0, 0.1) is 0 Å². The second-order valence-corrected chi connectivity index (χ2v) is 5.39. The summed E-state index contributed by atoms with van der Waals surface area (Å²) in [7, 11) is 1.63. The van der Waals surface area contributed by atoms with Crippen LogP contribution in [-0.2, 0) is 0 Å². The topological polar surface area (TPSA) is 46.5 Å². The van der Waals surface area contributed by atoms with Gasteiger partial charge in [0, 0.05) is 15.8 Å². The average molecular weight is 284 g/mol. The Bertz CT molecular complexity index is 789. The molecule has 0 spiro atoms. The molecule has 1 heterocycles. The minimum atomic E-state index is -0.892. The van der Waals surface area contributed by atoms with Crippen molar-refractivity contribution in [3.63, 3.8) is 0 Å². The van der Waals surface area contributed by atoms with E-state index in [0.717, 1.165) is 27.0 Å². The second-order valence-electron chi connectivity index (χ2n) is 4.34. The van der Waals surface area contributed by atoms with Crippen LogP contribution in [0.25, 0.3) is 21.2 Å². The van der Waals surface area contributed by atoms with E-state index >= 15 is 0 Å². The summed E-state index contributed by atoms with van der Waals surface area (Å²) in [5, 5.41) is 10.1. The number of thiophene rings is 1. The third kappa shape index (κ3) is 2.04. The highest BCUT2D eigenvalue weighted by Crippen LogP contribution is 2.38. The smallest absolute Gasteiger partial charge is 0.345 e. The molecule has 2 aromatic carbocycles. The number of hydrogen-bond acceptors (Lipinski definition) is 3. The highest BCUT2D eigenvalue weighted by molar-refractivity contribution is 7.21. The summed E-state index contributed by atoms with van der Waals surface area (Å²) in [5.74, 6) is -0.109. The lowest BCUT2D eigenvalue weighted by Gasteiger charge is -2.09. The SMILES string of the molecule is COc1ccccc1-c1cccc2cc(C(=O)O)sc12. The largest absolute Gasteiger partial charge is 0.496 e. The third-order valence-corrected chi connectivity index (χ3v) is 4.32. The van der Waals surface area contributed by atoms with Gasteiger partial charge >= 0.3 is 5.97 Å². The number of fused-ring (bicyclic) bond motifs is 1. The van der Waals surface area contributed by atoms with Crippen LogP contribution >= 0.6 is 11.3 Å². The molecule has 1 N–H and O–H groups in total. The molecule has 0 aliphatic heterocycles. The molecule has 0 fully saturated rings. The van der Waals surface area contributed by atoms with Crippen LogP contribution in [0.3, 0.4) is 0 Å². The van der Waals surface area contributed by atoms with Crippen LogP contribution in [0.15, 0.2) is 48.5 Å². The first-order valence-electron chi connectivity index (χ1n) is 6.10. The van der Waals surface area contributed by atoms with Crippen LogP contribution in [0.1, 0.15) is 9.67 Å². The van der Waals surface area contributed by atoms with Crippen LogP contribution in [-0.4, -0.2) is 18.2 Å². The third-order valence-electron chi connectivity index (χ3n) is 3.15. The van der Waals surface area contributed by atoms with Crippen molar-refractivity contribution in [2.24, 2.45) is 0 Å². The van der Waals surface area contributed by atoms with Crippen LogP contribution in [0.5, 0.6) is 5.75 Å². The van der Waals surface area contributed by atoms with E-state index < -0.39 is 5.97 Å². The summed E-state index contributed by atoms with van der Waals surface area (Å²) < 4.78 is 6.36. The Morgan fingerprint density at radius 3 is 2.60 bits per heavy atom. The first-order valence-corrected chi connectivity index (χ1v) is 6.91. The van der Waals surface area contributed by atoms with Crippen molar-refractivity contribution >= 4 is 27.4 Å². The van der Waals surface area contributed by atoms with Crippen molar-refractivity contribution in [1.82, 2.24) is 0 Å². The predicted octanol–water partition coefficient (Wildman–Crippen LogP) is 4.28. The number of benzene rings is 2. The first kappa shape index (κ1) is 12.7. The number of para-hydroxylation sites is 1. The summed E-state index contributed by atoms with van der Waals surface area (Å²) in [6.07, 6.45) is 0. The molecule has 0 aliphatic rings. The van der Waals surface area contributed by atoms with E-state index in [1.54, 1.807) is 13.2 Å². The molecule has 0 unspecified atom stereocenters. The Labute approximate surface area is 120 Å². The van der Waals surface area contributed by atoms with Crippen molar-refractivity contribution in [1.29, 1.82) is 0 Å². The van der Waals surface area contributed by atoms with Gasteiger partial charge in [-0.15, -0.1) is 11.3 Å². The number of methoxy groups -OCH3 is 1. The summed E-state index contributed by atoms with van der Waals surface area (Å²) in [4.78, 5) is 11.5. The van der Waals surface area contributed by atoms with Gasteiger partial charge in [-0.05, 0) is 17.5 Å². The molecule has 4 heteroatoms. The molecule has 0 amide bonds. The molecule has 3 nitrogen and oxygen atoms in total. The molecule has 0 saturated heterocycles. The zero-order valence-electron chi connectivity index (χ0n) is 10.8. The molecular weight excluding hydrogens is 272 g/mol. The molecular formula is C16H12O3S. The van der Waals surface area contributed by atoms with Gasteiger partial charge < -0.3 is 9.84 Å². The van der Waals surface area contributed by atoms with Crippen molar-refractivity contribution < 1.29 is 14.6 Å². The summed E-state index contributed by atoms with van der Waals surface area (Å²) >= 11 is 1.29. The van der Waals surface area contributed by atoms with E-state index in [1.165, 1.54) is 11.3 Å². The van der Waals surface area contributed by atoms with Gasteiger partial charge in [0.25, 0.3) is 0 Å². The number of aromatic carboxylic acids is 1. The second kappa shape index (κ2) is 4.98. The Morgan fingerprint density at radius 2 is 1.85 bits per heavy atom. The lowest BCUT2D eigenvalue weighted by Crippen LogP contribution is -1.89. The maximum absolute atomic E-state index is 11.1. The Balaban J connectivity index is 2.28. The molecule has 0 aliphatic carbocycles. The van der Waals surface area contributed by atoms with E-state index in [0.29, 0.717) is 4.88 Å². The summed E-state index contributed by atoms with van der Waals surface area (Å²) in [6.45, 7) is 0. The lowest BCUT2D eigenvalue weighted by molar-refractivity contribution is 0.0702. The van der Waals surface area contributed by atoms with Crippen molar-refractivity contribution in [3.05, 3.63) is 53.4 Å². The fourth-order valence-electron chi connectivity index (χ4n) is 2.25. The standard InChI is InChI=1S/C16H12O3S/c1-19-13-8-3-2-6-11(13)12-7-4-5-10-9-14(16(17)18)20-15(10)12/h2-9H,1H3,(H,17,18). The fraction of sp³-hybridized carbons (Fsp3) is 0.0625. The fourth-order valence-corrected chi connectivity index (χ4v) is 3.27. The Morgan fingerprint density at radius 1 is 1.10 bits per heavy atom. The highest BCUT2D eigenvalue weighted by atomic mass is 32.1. The minimum absolute atomic E-state index is 0.349. The van der Waals surface area contributed by atoms with Gasteiger partial charge in [0.2, 0.25) is 0 Å². The maximum atomic E-state index is 11.1. The van der Waals surface area contributed by atoms with Gasteiger partial charge in [-0.25, -0.2) is 4.79 Å². The van der Waals surface area contributed by atoms with Gasteiger partial charge in [0.15, 0.2) is 0 Å². The Kier molecular flexibility index (Phi) is 3.16. The van der Waals surface area contributed by atoms with E-state index in [2.05, 4.69) is 0 Å². The number of hydrogen-bond donors (Lipinski definition) is 1. The van der Waals surface area contributed by atoms with Gasteiger partial charge in [-0.2, -0.15) is 0 Å². The molecule has 100 valence electrons. The molecule has 3 aromatic rings. The van der Waals surface area contributed by atoms with E-state index in [1.807, 2.05) is 42.5 Å². The zero-order chi connectivity index (χ0) is 14.1. The molecule has 0 bridgehead atoms.